The number of thiazole rings is 1. The van der Waals surface area contributed by atoms with Crippen molar-refractivity contribution in [1.82, 2.24) is 25.8 Å². The summed E-state index contributed by atoms with van der Waals surface area (Å²) in [7, 11) is 0. The molecule has 0 unspecified atom stereocenters. The maximum absolute atomic E-state index is 6.01. The average Bonchev–Trinajstić information content (AvgIpc) is 3.33. The van der Waals surface area contributed by atoms with Gasteiger partial charge < -0.3 is 15.2 Å². The van der Waals surface area contributed by atoms with E-state index in [-0.39, 0.29) is 6.54 Å². The van der Waals surface area contributed by atoms with Crippen LogP contribution in [0.4, 0.5) is 0 Å². The smallest absolute Gasteiger partial charge is 0.248 e. The maximum atomic E-state index is 6.01. The monoisotopic (exact) mass is 404 g/mol. The molecular formula is C18H21ClN6OS. The lowest BCUT2D eigenvalue weighted by molar-refractivity contribution is 0.380. The molecule has 0 saturated heterocycles. The number of aryl methyl sites for hydroxylation is 1. The van der Waals surface area contributed by atoms with E-state index < -0.39 is 0 Å². The number of hydrogen-bond acceptors (Lipinski definition) is 6. The normalized spacial score (nSPS) is 11.6. The zero-order valence-electron chi connectivity index (χ0n) is 15.2. The average molecular weight is 405 g/mol. The predicted octanol–water partition coefficient (Wildman–Crippen LogP) is 3.66. The summed E-state index contributed by atoms with van der Waals surface area (Å²) in [4.78, 5) is 14.6. The first-order valence-corrected chi connectivity index (χ1v) is 9.91. The van der Waals surface area contributed by atoms with E-state index in [0.29, 0.717) is 29.2 Å². The first kappa shape index (κ1) is 19.3. The SMILES string of the molecule is CCNC(=NCc1nc(-c2cccc(Cl)c2)no1)NCc1ncc(CC)s1. The number of aliphatic imine (C=N–C) groups is 1. The van der Waals surface area contributed by atoms with Crippen LogP contribution in [0.2, 0.25) is 5.02 Å². The Balaban J connectivity index is 1.62. The quantitative estimate of drug-likeness (QED) is 0.461. The molecule has 0 atom stereocenters. The van der Waals surface area contributed by atoms with E-state index in [1.165, 1.54) is 4.88 Å². The lowest BCUT2D eigenvalue weighted by atomic mass is 10.2. The van der Waals surface area contributed by atoms with Gasteiger partial charge in [0.1, 0.15) is 11.6 Å². The van der Waals surface area contributed by atoms with Gasteiger partial charge in [0.25, 0.3) is 0 Å². The van der Waals surface area contributed by atoms with Crippen molar-refractivity contribution in [3.63, 3.8) is 0 Å². The van der Waals surface area contributed by atoms with Crippen LogP contribution in [0, 0.1) is 0 Å². The van der Waals surface area contributed by atoms with Gasteiger partial charge in [-0.15, -0.1) is 11.3 Å². The fourth-order valence-corrected chi connectivity index (χ4v) is 3.30. The Labute approximate surface area is 166 Å². The van der Waals surface area contributed by atoms with Crippen molar-refractivity contribution in [2.45, 2.75) is 33.4 Å². The molecule has 0 aliphatic heterocycles. The topological polar surface area (TPSA) is 88.2 Å². The molecule has 0 aliphatic rings. The molecule has 0 bridgehead atoms. The highest BCUT2D eigenvalue weighted by molar-refractivity contribution is 7.11. The third-order valence-corrected chi connectivity index (χ3v) is 5.00. The number of nitrogens with zero attached hydrogens (tertiary/aromatic N) is 4. The van der Waals surface area contributed by atoms with Crippen LogP contribution in [-0.4, -0.2) is 27.6 Å². The molecule has 2 heterocycles. The number of halogens is 1. The van der Waals surface area contributed by atoms with Crippen LogP contribution in [0.3, 0.4) is 0 Å². The second-order valence-electron chi connectivity index (χ2n) is 5.64. The van der Waals surface area contributed by atoms with Crippen molar-refractivity contribution in [2.75, 3.05) is 6.54 Å². The second-order valence-corrected chi connectivity index (χ2v) is 7.28. The first-order chi connectivity index (χ1) is 13.2. The van der Waals surface area contributed by atoms with Crippen LogP contribution < -0.4 is 10.6 Å². The molecule has 0 saturated carbocycles. The Morgan fingerprint density at radius 2 is 2.19 bits per heavy atom. The fraction of sp³-hybridized carbons (Fsp3) is 0.333. The van der Waals surface area contributed by atoms with E-state index in [2.05, 4.69) is 37.7 Å². The molecule has 0 radical (unpaired) electrons. The van der Waals surface area contributed by atoms with Gasteiger partial charge >= 0.3 is 0 Å². The molecule has 9 heteroatoms. The van der Waals surface area contributed by atoms with Crippen LogP contribution in [0.15, 0.2) is 40.0 Å². The Morgan fingerprint density at radius 1 is 1.30 bits per heavy atom. The van der Waals surface area contributed by atoms with Crippen molar-refractivity contribution < 1.29 is 4.52 Å². The highest BCUT2D eigenvalue weighted by atomic mass is 35.5. The number of rotatable bonds is 7. The highest BCUT2D eigenvalue weighted by Crippen LogP contribution is 2.20. The summed E-state index contributed by atoms with van der Waals surface area (Å²) in [5, 5.41) is 12.1. The van der Waals surface area contributed by atoms with Gasteiger partial charge in [-0.05, 0) is 25.5 Å². The summed E-state index contributed by atoms with van der Waals surface area (Å²) < 4.78 is 5.29. The van der Waals surface area contributed by atoms with Gasteiger partial charge in [-0.1, -0.05) is 35.8 Å². The van der Waals surface area contributed by atoms with Gasteiger partial charge in [-0.2, -0.15) is 4.98 Å². The molecular weight excluding hydrogens is 384 g/mol. The summed E-state index contributed by atoms with van der Waals surface area (Å²) in [6, 6.07) is 7.33. The molecule has 0 spiro atoms. The number of hydrogen-bond donors (Lipinski definition) is 2. The summed E-state index contributed by atoms with van der Waals surface area (Å²) in [6.45, 7) is 5.79. The molecule has 142 valence electrons. The lowest BCUT2D eigenvalue weighted by Gasteiger charge is -2.09. The number of nitrogens with one attached hydrogen (secondary N) is 2. The van der Waals surface area contributed by atoms with E-state index in [1.54, 1.807) is 23.5 Å². The minimum atomic E-state index is 0.279. The highest BCUT2D eigenvalue weighted by Gasteiger charge is 2.09. The summed E-state index contributed by atoms with van der Waals surface area (Å²) >= 11 is 7.71. The molecule has 2 N–H and O–H groups in total. The van der Waals surface area contributed by atoms with Crippen molar-refractivity contribution in [3.8, 4) is 11.4 Å². The van der Waals surface area contributed by atoms with Crippen molar-refractivity contribution in [1.29, 1.82) is 0 Å². The Kier molecular flexibility index (Phi) is 6.78. The summed E-state index contributed by atoms with van der Waals surface area (Å²) in [5.41, 5.74) is 0.807. The number of guanidine groups is 1. The van der Waals surface area contributed by atoms with E-state index in [0.717, 1.165) is 23.5 Å². The molecule has 0 aliphatic carbocycles. The van der Waals surface area contributed by atoms with Crippen molar-refractivity contribution in [3.05, 3.63) is 51.3 Å². The minimum Gasteiger partial charge on any atom is -0.357 e. The van der Waals surface area contributed by atoms with Crippen molar-refractivity contribution in [2.24, 2.45) is 4.99 Å². The van der Waals surface area contributed by atoms with E-state index in [1.807, 2.05) is 25.3 Å². The molecule has 7 nitrogen and oxygen atoms in total. The fourth-order valence-electron chi connectivity index (χ4n) is 2.30. The van der Waals surface area contributed by atoms with Gasteiger partial charge in [-0.25, -0.2) is 9.98 Å². The maximum Gasteiger partial charge on any atom is 0.248 e. The van der Waals surface area contributed by atoms with Gasteiger partial charge in [0.05, 0.1) is 6.54 Å². The standard InChI is InChI=1S/C18H21ClN6OS/c1-3-14-9-21-16(27-14)11-23-18(20-4-2)22-10-15-24-17(25-26-15)12-6-5-7-13(19)8-12/h5-9H,3-4,10-11H2,1-2H3,(H2,20,22,23). The number of benzene rings is 1. The molecule has 1 aromatic carbocycles. The molecule has 0 amide bonds. The molecule has 3 rings (SSSR count). The Hall–Kier alpha value is -2.45. The molecule has 3 aromatic rings. The van der Waals surface area contributed by atoms with Crippen LogP contribution in [0.25, 0.3) is 11.4 Å². The third kappa shape index (κ3) is 5.51. The Morgan fingerprint density at radius 3 is 2.93 bits per heavy atom. The van der Waals surface area contributed by atoms with Crippen LogP contribution in [0.5, 0.6) is 0 Å². The molecule has 27 heavy (non-hydrogen) atoms. The van der Waals surface area contributed by atoms with Gasteiger partial charge in [-0.3, -0.25) is 0 Å². The van der Waals surface area contributed by atoms with Gasteiger partial charge in [0.15, 0.2) is 5.96 Å². The Bertz CT molecular complexity index is 907. The first-order valence-electron chi connectivity index (χ1n) is 8.72. The van der Waals surface area contributed by atoms with Crippen LogP contribution in [0.1, 0.15) is 29.6 Å². The van der Waals surface area contributed by atoms with Gasteiger partial charge in [0, 0.05) is 28.2 Å². The van der Waals surface area contributed by atoms with Crippen LogP contribution in [-0.2, 0) is 19.5 Å². The lowest BCUT2D eigenvalue weighted by Crippen LogP contribution is -2.36. The third-order valence-electron chi connectivity index (χ3n) is 3.62. The zero-order valence-corrected chi connectivity index (χ0v) is 16.8. The van der Waals surface area contributed by atoms with E-state index in [4.69, 9.17) is 16.1 Å². The second kappa shape index (κ2) is 9.48. The largest absolute Gasteiger partial charge is 0.357 e. The van der Waals surface area contributed by atoms with E-state index >= 15 is 0 Å². The predicted molar refractivity (Wildman–Crippen MR) is 108 cm³/mol. The minimum absolute atomic E-state index is 0.279. The van der Waals surface area contributed by atoms with Gasteiger partial charge in [0.2, 0.25) is 11.7 Å². The summed E-state index contributed by atoms with van der Waals surface area (Å²) in [5.74, 6) is 1.61. The van der Waals surface area contributed by atoms with Crippen LogP contribution >= 0.6 is 22.9 Å². The van der Waals surface area contributed by atoms with Crippen molar-refractivity contribution >= 4 is 28.9 Å². The molecule has 2 aromatic heterocycles. The summed E-state index contributed by atoms with van der Waals surface area (Å²) in [6.07, 6.45) is 2.92. The number of aromatic nitrogens is 3. The molecule has 0 fully saturated rings. The van der Waals surface area contributed by atoms with E-state index in [9.17, 15) is 0 Å². The zero-order chi connectivity index (χ0) is 19.1.